The minimum atomic E-state index is 0. The van der Waals surface area contributed by atoms with Crippen molar-refractivity contribution in [2.75, 3.05) is 187 Å². The van der Waals surface area contributed by atoms with Gasteiger partial charge < -0.3 is 88.2 Å². The predicted molar refractivity (Wildman–Crippen MR) is 623 cm³/mol. The van der Waals surface area contributed by atoms with E-state index in [1.165, 1.54) is 111 Å². The maximum atomic E-state index is 4.31. The number of hydrogen-bond donors (Lipinski definition) is 0. The van der Waals surface area contributed by atoms with Crippen LogP contribution in [0.5, 0.6) is 0 Å². The van der Waals surface area contributed by atoms with Crippen LogP contribution in [-0.2, 0) is 77.9 Å². The molecule has 0 unspecified atom stereocenters. The minimum absolute atomic E-state index is 0. The van der Waals surface area contributed by atoms with E-state index in [2.05, 4.69) is 540 Å². The monoisotopic (exact) mass is 2440 g/mol. The third-order valence-electron chi connectivity index (χ3n) is 24.0. The van der Waals surface area contributed by atoms with E-state index in [9.17, 15) is 0 Å². The van der Waals surface area contributed by atoms with Crippen LogP contribution in [-0.4, -0.2) is 119 Å². The van der Waals surface area contributed by atoms with Gasteiger partial charge in [0.05, 0.1) is 0 Å². The average Bonchev–Trinajstić information content (AvgIpc) is 1.65. The summed E-state index contributed by atoms with van der Waals surface area (Å²) in [5, 5.41) is 0.940. The normalized spacial score (nSPS) is 14.5. The second-order valence-electron chi connectivity index (χ2n) is 34.3. The van der Waals surface area contributed by atoms with Gasteiger partial charge in [-0.2, -0.15) is 197 Å². The topological polar surface area (TPSA) is 110 Å². The standard InChI is InChI=1S/2C13H9NS.2C11H7N3S.6C9H11N2.2C8H8NS.4Ru/c2*1-2-6-11(7-3-1)14-10-15-13-9-5-4-8-12(13)14;1-2-4-9(5-3-1)14-8-15-10-6-12-7-13-11(10)14;1-2-4-9(5-3-1)14-8-15-11-10(14)12-6-7-13-11;6*1-10-7-11(2)9-6-4-3-5-8(9)10;2*1-9-6-10-8-5-3-2-4-7(8)9;;;;/h2*1-6,8-10H;2*1-4,6-8H;6*3-7H,1-2H3;2*2-6H,1H3;;;;/q4*-2;8*-1;4*+4. The molecule has 0 aliphatic carbocycles. The molecule has 150 heavy (non-hydrogen) atoms. The molecular weight excluding hydrogens is 2320 g/mol. The maximum absolute atomic E-state index is 4.31. The van der Waals surface area contributed by atoms with Crippen molar-refractivity contribution in [1.29, 1.82) is 0 Å². The van der Waals surface area contributed by atoms with Gasteiger partial charge in [0, 0.05) is 114 Å². The van der Waals surface area contributed by atoms with Gasteiger partial charge in [0.2, 0.25) is 0 Å². The van der Waals surface area contributed by atoms with Crippen LogP contribution in [0.3, 0.4) is 0 Å². The smallest absolute Gasteiger partial charge is 0.514 e. The van der Waals surface area contributed by atoms with E-state index < -0.39 is 0 Å². The summed E-state index contributed by atoms with van der Waals surface area (Å²) in [6.45, 7) is 12.4. The zero-order chi connectivity index (χ0) is 101. The molecular formula is C118H114N22Ru4S6. The Morgan fingerprint density at radius 3 is 0.680 bits per heavy atom. The fourth-order valence-corrected chi connectivity index (χ4v) is 22.0. The van der Waals surface area contributed by atoms with Crippen LogP contribution in [0.15, 0.2) is 394 Å². The number of para-hydroxylation sites is 20. The average molecular weight is 2440 g/mol. The minimum Gasteiger partial charge on any atom is -0.514 e. The van der Waals surface area contributed by atoms with Gasteiger partial charge in [0.1, 0.15) is 23.0 Å². The van der Waals surface area contributed by atoms with E-state index >= 15 is 0 Å². The van der Waals surface area contributed by atoms with Gasteiger partial charge in [-0.15, -0.1) is 22.7 Å². The van der Waals surface area contributed by atoms with E-state index in [4.69, 9.17) is 0 Å². The molecule has 12 aliphatic heterocycles. The Labute approximate surface area is 965 Å². The van der Waals surface area contributed by atoms with Crippen molar-refractivity contribution in [3.05, 3.63) is 464 Å². The van der Waals surface area contributed by atoms with E-state index in [1.54, 1.807) is 89.3 Å². The van der Waals surface area contributed by atoms with Gasteiger partial charge in [0.15, 0.2) is 0 Å². The molecule has 16 aromatic rings. The molecule has 0 N–H and O–H groups in total. The molecule has 14 aromatic carbocycles. The van der Waals surface area contributed by atoms with Gasteiger partial charge in [0.25, 0.3) is 0 Å². The first-order valence-corrected chi connectivity index (χ1v) is 52.4. The molecule has 0 bridgehead atoms. The number of aromatic nitrogens is 4. The molecule has 2 aromatic heterocycles. The Kier molecular flexibility index (Phi) is 43.5. The Morgan fingerprint density at radius 1 is 0.193 bits per heavy atom. The van der Waals surface area contributed by atoms with Crippen molar-refractivity contribution in [1.82, 2.24) is 19.9 Å². The Bertz CT molecular complexity index is 5890. The summed E-state index contributed by atoms with van der Waals surface area (Å²) in [5.41, 5.74) is 24.6. The number of fused-ring (bicyclic) bond motifs is 12. The largest absolute Gasteiger partial charge is 4.00 e. The molecule has 0 atom stereocenters. The SMILES string of the molecule is CN1[CH-]N(C)c2ccccc21.CN1[CH-]N(C)c2ccccc21.CN1[CH-]N(C)c2ccccc21.CN1[CH-]N(C)c2ccccc21.CN1[CH-]N(C)c2ccccc21.CN1[CH-]N(C)c2ccccc21.CN1[CH-]Sc2ccccc21.CN1[CH-]Sc2ccccc21.[Ru+4].[Ru+4].[Ru+4].[Ru+4].[c-]1ccccc1N1[CH-]Sc2ccccc21.[c-]1ccccc1N1[CH-]Sc2ccccc21.[c-]1ccccc1N1[CH-]Sc2cncnc21.[c-]1ccccc1N1[CH-]Sc2nccnc21. The molecule has 764 valence electrons. The molecule has 0 radical (unpaired) electrons. The number of rotatable bonds is 4. The molecule has 14 heterocycles. The van der Waals surface area contributed by atoms with E-state index in [-0.39, 0.29) is 77.9 Å². The molecule has 28 rings (SSSR count). The van der Waals surface area contributed by atoms with Gasteiger partial charge in [-0.25, -0.2) is 19.9 Å². The number of anilines is 22. The third-order valence-corrected chi connectivity index (χ3v) is 29.6. The van der Waals surface area contributed by atoms with Crippen LogP contribution in [0.4, 0.5) is 125 Å². The maximum Gasteiger partial charge on any atom is 4.00 e. The summed E-state index contributed by atoms with van der Waals surface area (Å²) in [6.07, 6.45) is 6.80. The van der Waals surface area contributed by atoms with Gasteiger partial charge >= 0.3 is 77.9 Å². The molecule has 0 amide bonds. The summed E-state index contributed by atoms with van der Waals surface area (Å²) >= 11 is 10.3. The van der Waals surface area contributed by atoms with Crippen molar-refractivity contribution in [3.63, 3.8) is 0 Å². The summed E-state index contributed by atoms with van der Waals surface area (Å²) in [5.74, 6) is 14.3. The zero-order valence-corrected chi connectivity index (χ0v) is 97.1. The summed E-state index contributed by atoms with van der Waals surface area (Å²) in [7, 11) is 28.8. The first-order valence-electron chi connectivity index (χ1n) is 47.1. The van der Waals surface area contributed by atoms with Gasteiger partial charge in [-0.3, -0.25) is 70.6 Å². The van der Waals surface area contributed by atoms with Crippen molar-refractivity contribution in [2.24, 2.45) is 0 Å². The fraction of sp³-hybridized carbons (Fsp3) is 0.119. The van der Waals surface area contributed by atoms with Crippen molar-refractivity contribution in [2.45, 2.75) is 29.5 Å². The summed E-state index contributed by atoms with van der Waals surface area (Å²) in [6, 6.07) is 128. The quantitative estimate of drug-likeness (QED) is 0.123. The molecule has 12 aliphatic rings. The van der Waals surface area contributed by atoms with E-state index in [0.717, 1.165) is 44.3 Å². The predicted octanol–water partition coefficient (Wildman–Crippen LogP) is 27.8. The zero-order valence-electron chi connectivity index (χ0n) is 85.3. The Balaban J connectivity index is 0.000000136. The fourth-order valence-electron chi connectivity index (χ4n) is 16.9. The van der Waals surface area contributed by atoms with Crippen molar-refractivity contribution < 1.29 is 77.9 Å². The number of hydrogen-bond acceptors (Lipinski definition) is 28. The van der Waals surface area contributed by atoms with Crippen LogP contribution < -0.4 is 88.2 Å². The molecule has 22 nitrogen and oxygen atoms in total. The molecule has 0 saturated heterocycles. The van der Waals surface area contributed by atoms with Crippen molar-refractivity contribution in [3.8, 4) is 0 Å². The molecule has 0 fully saturated rings. The number of thioether (sulfide) groups is 6. The van der Waals surface area contributed by atoms with E-state index in [0.29, 0.717) is 0 Å². The molecule has 0 saturated carbocycles. The van der Waals surface area contributed by atoms with Crippen LogP contribution in [0.1, 0.15) is 0 Å². The molecule has 0 spiro atoms. The van der Waals surface area contributed by atoms with Gasteiger partial charge in [-0.1, -0.05) is 121 Å². The van der Waals surface area contributed by atoms with Gasteiger partial charge in [-0.05, 0) is 240 Å². The van der Waals surface area contributed by atoms with Crippen LogP contribution in [0, 0.1) is 99.5 Å². The second-order valence-corrected chi connectivity index (χ2v) is 39.5. The molecule has 32 heteroatoms. The van der Waals surface area contributed by atoms with Crippen LogP contribution >= 0.6 is 70.6 Å². The first kappa shape index (κ1) is 115. The summed E-state index contributed by atoms with van der Waals surface area (Å²) in [4.78, 5) is 61.3. The summed E-state index contributed by atoms with van der Waals surface area (Å²) < 4.78 is 0. The second kappa shape index (κ2) is 56.5. The van der Waals surface area contributed by atoms with E-state index in [1.807, 2.05) is 113 Å². The number of nitrogens with zero attached hydrogens (tertiary/aromatic N) is 22. The number of benzene rings is 14. The Hall–Kier alpha value is -11.8. The van der Waals surface area contributed by atoms with Crippen molar-refractivity contribution >= 4 is 196 Å². The third kappa shape index (κ3) is 28.8. The van der Waals surface area contributed by atoms with Crippen LogP contribution in [0.25, 0.3) is 0 Å². The Morgan fingerprint density at radius 2 is 0.407 bits per heavy atom. The van der Waals surface area contributed by atoms with Crippen LogP contribution in [0.2, 0.25) is 0 Å². The first-order chi connectivity index (χ1) is 71.3.